The Bertz CT molecular complexity index is 724. The van der Waals surface area contributed by atoms with Gasteiger partial charge in [0, 0.05) is 64.8 Å². The summed E-state index contributed by atoms with van der Waals surface area (Å²) in [6, 6.07) is 11.4. The van der Waals surface area contributed by atoms with E-state index in [4.69, 9.17) is 0 Å². The number of hydrogen-bond donors (Lipinski definition) is 2. The van der Waals surface area contributed by atoms with Crippen molar-refractivity contribution in [3.8, 4) is 0 Å². The molecule has 2 N–H and O–H groups in total. The predicted octanol–water partition coefficient (Wildman–Crippen LogP) is 4.10. The fourth-order valence-corrected chi connectivity index (χ4v) is 6.01. The van der Waals surface area contributed by atoms with E-state index in [2.05, 4.69) is 62.6 Å². The first-order valence-electron chi connectivity index (χ1n) is 13.4. The Morgan fingerprint density at radius 3 is 2.35 bits per heavy atom. The van der Waals surface area contributed by atoms with Gasteiger partial charge in [-0.2, -0.15) is 0 Å². The van der Waals surface area contributed by atoms with Crippen molar-refractivity contribution >= 4 is 55.5 Å². The van der Waals surface area contributed by atoms with E-state index in [1.54, 1.807) is 0 Å². The molecule has 3 atom stereocenters. The van der Waals surface area contributed by atoms with Gasteiger partial charge >= 0.3 is 0 Å². The molecule has 1 amide bonds. The van der Waals surface area contributed by atoms with Crippen LogP contribution in [0.1, 0.15) is 44.6 Å². The molecule has 3 heterocycles. The summed E-state index contributed by atoms with van der Waals surface area (Å²) >= 11 is 0. The van der Waals surface area contributed by atoms with Crippen LogP contribution in [-0.2, 0) is 11.3 Å². The van der Waals surface area contributed by atoms with Crippen molar-refractivity contribution in [2.75, 3.05) is 65.4 Å². The van der Waals surface area contributed by atoms with Gasteiger partial charge in [0.15, 0.2) is 0 Å². The lowest BCUT2D eigenvalue weighted by atomic mass is 9.79. The van der Waals surface area contributed by atoms with E-state index in [0.29, 0.717) is 12.5 Å². The average Bonchev–Trinajstić information content (AvgIpc) is 2.84. The number of carbonyl (C=O) groups excluding carboxylic acids is 1. The van der Waals surface area contributed by atoms with Gasteiger partial charge < -0.3 is 20.4 Å². The zero-order chi connectivity index (χ0) is 22.9. The van der Waals surface area contributed by atoms with Crippen molar-refractivity contribution in [2.45, 2.75) is 51.6 Å². The van der Waals surface area contributed by atoms with Crippen molar-refractivity contribution in [1.82, 2.24) is 25.3 Å². The van der Waals surface area contributed by atoms with Gasteiger partial charge in [-0.1, -0.05) is 37.3 Å². The highest BCUT2D eigenvalue weighted by molar-refractivity contribution is 5.86. The molecule has 3 saturated heterocycles. The van der Waals surface area contributed by atoms with E-state index in [1.807, 2.05) is 0 Å². The van der Waals surface area contributed by atoms with E-state index in [0.717, 1.165) is 63.8 Å². The van der Waals surface area contributed by atoms with Crippen LogP contribution in [0.3, 0.4) is 0 Å². The smallest absolute Gasteiger partial charge is 0.219 e. The zero-order valence-electron chi connectivity index (χ0n) is 22.3. The molecular weight excluding hydrogens is 552 g/mol. The van der Waals surface area contributed by atoms with Crippen LogP contribution >= 0.6 is 49.6 Å². The predicted molar refractivity (Wildman–Crippen MR) is 164 cm³/mol. The number of amides is 1. The van der Waals surface area contributed by atoms with Crippen molar-refractivity contribution in [3.63, 3.8) is 0 Å². The van der Waals surface area contributed by atoms with Crippen molar-refractivity contribution < 1.29 is 4.79 Å². The second-order valence-corrected chi connectivity index (χ2v) is 10.4. The highest BCUT2D eigenvalue weighted by atomic mass is 35.5. The van der Waals surface area contributed by atoms with Gasteiger partial charge in [0.1, 0.15) is 0 Å². The molecule has 1 aromatic rings. The Balaban J connectivity index is 0.00000324. The topological polar surface area (TPSA) is 50.9 Å². The van der Waals surface area contributed by atoms with E-state index in [9.17, 15) is 4.79 Å². The Labute approximate surface area is 249 Å². The maximum atomic E-state index is 12.3. The SMILES string of the molecule is CCN1CCN(CCCNC(=O)CCCC2NCC3CC2CN(Cc2ccccc2)C3)CC1.Cl.Cl.Cl.Cl. The number of benzene rings is 1. The van der Waals surface area contributed by atoms with Gasteiger partial charge in [0.2, 0.25) is 5.91 Å². The van der Waals surface area contributed by atoms with Crippen LogP contribution < -0.4 is 10.6 Å². The lowest BCUT2D eigenvalue weighted by Gasteiger charge is -2.46. The molecule has 216 valence electrons. The third kappa shape index (κ3) is 12.2. The number of fused-ring (bicyclic) bond motifs is 2. The summed E-state index contributed by atoms with van der Waals surface area (Å²) in [5.74, 6) is 1.73. The average molecular weight is 602 g/mol. The number of halogens is 4. The number of likely N-dealkylation sites (N-methyl/N-ethyl adjacent to an activating group) is 1. The second kappa shape index (κ2) is 19.7. The summed E-state index contributed by atoms with van der Waals surface area (Å²) in [5, 5.41) is 6.96. The van der Waals surface area contributed by atoms with Gasteiger partial charge in [-0.05, 0) is 62.7 Å². The number of carbonyl (C=O) groups is 1. The third-order valence-electron chi connectivity index (χ3n) is 7.94. The highest BCUT2D eigenvalue weighted by Crippen LogP contribution is 2.31. The third-order valence-corrected chi connectivity index (χ3v) is 7.94. The monoisotopic (exact) mass is 599 g/mol. The fourth-order valence-electron chi connectivity index (χ4n) is 6.01. The largest absolute Gasteiger partial charge is 0.356 e. The summed E-state index contributed by atoms with van der Waals surface area (Å²) in [7, 11) is 0. The normalized spacial score (nSPS) is 24.0. The quantitative estimate of drug-likeness (QED) is 0.375. The summed E-state index contributed by atoms with van der Waals surface area (Å²) in [6.45, 7) is 14.6. The van der Waals surface area contributed by atoms with E-state index < -0.39 is 0 Å². The van der Waals surface area contributed by atoms with Gasteiger partial charge in [-0.15, -0.1) is 49.6 Å². The first-order chi connectivity index (χ1) is 16.2. The molecule has 0 saturated carbocycles. The summed E-state index contributed by atoms with van der Waals surface area (Å²) in [4.78, 5) is 20.0. The molecule has 3 aliphatic rings. The standard InChI is InChI=1S/C27H45N5O.4ClH/c1-2-30-14-16-31(17-15-30)13-7-12-28-27(33)11-6-10-26-25-18-24(19-29-26)21-32(22-25)20-23-8-4-3-5-9-23;;;;/h3-5,8-9,24-26,29H,2,6-7,10-22H2,1H3,(H,28,33);4*1H. The molecule has 3 fully saturated rings. The molecule has 10 heteroatoms. The van der Waals surface area contributed by atoms with Crippen molar-refractivity contribution in [1.29, 1.82) is 0 Å². The van der Waals surface area contributed by atoms with Crippen molar-refractivity contribution in [3.05, 3.63) is 35.9 Å². The molecule has 0 spiro atoms. The van der Waals surface area contributed by atoms with Crippen LogP contribution in [0.5, 0.6) is 0 Å². The molecule has 3 aliphatic heterocycles. The summed E-state index contributed by atoms with van der Waals surface area (Å²) < 4.78 is 0. The minimum atomic E-state index is 0. The Morgan fingerprint density at radius 1 is 0.946 bits per heavy atom. The van der Waals surface area contributed by atoms with Crippen LogP contribution in [0.25, 0.3) is 0 Å². The molecule has 1 aromatic carbocycles. The zero-order valence-corrected chi connectivity index (χ0v) is 25.6. The van der Waals surface area contributed by atoms with Crippen LogP contribution in [0, 0.1) is 11.8 Å². The minimum absolute atomic E-state index is 0. The number of rotatable bonds is 11. The molecule has 4 rings (SSSR count). The molecule has 0 aliphatic carbocycles. The van der Waals surface area contributed by atoms with Gasteiger partial charge in [0.25, 0.3) is 0 Å². The molecule has 0 aromatic heterocycles. The first-order valence-corrected chi connectivity index (χ1v) is 13.4. The maximum Gasteiger partial charge on any atom is 0.219 e. The number of hydrogen-bond acceptors (Lipinski definition) is 5. The molecule has 37 heavy (non-hydrogen) atoms. The Morgan fingerprint density at radius 2 is 1.65 bits per heavy atom. The van der Waals surface area contributed by atoms with Gasteiger partial charge in [-0.25, -0.2) is 0 Å². The number of piperidine rings is 2. The first kappa shape index (κ1) is 36.7. The number of likely N-dealkylation sites (tertiary alicyclic amines) is 1. The molecular formula is C27H49Cl4N5O. The molecule has 6 nitrogen and oxygen atoms in total. The van der Waals surface area contributed by atoms with Gasteiger partial charge in [-0.3, -0.25) is 9.69 Å². The van der Waals surface area contributed by atoms with Crippen LogP contribution in [-0.4, -0.2) is 92.1 Å². The summed E-state index contributed by atoms with van der Waals surface area (Å²) in [6.07, 6.45) is 5.18. The highest BCUT2D eigenvalue weighted by Gasteiger charge is 2.36. The number of piperazine rings is 1. The Hall–Kier alpha value is -0.310. The molecule has 3 unspecified atom stereocenters. The number of nitrogens with zero attached hydrogens (tertiary/aromatic N) is 3. The van der Waals surface area contributed by atoms with Gasteiger partial charge in [0.05, 0.1) is 0 Å². The number of nitrogens with one attached hydrogen (secondary N) is 2. The van der Waals surface area contributed by atoms with Crippen LogP contribution in [0.2, 0.25) is 0 Å². The molecule has 2 bridgehead atoms. The lowest BCUT2D eigenvalue weighted by molar-refractivity contribution is -0.121. The second-order valence-electron chi connectivity index (χ2n) is 10.4. The van der Waals surface area contributed by atoms with E-state index in [-0.39, 0.29) is 55.5 Å². The lowest BCUT2D eigenvalue weighted by Crippen LogP contribution is -2.55. The van der Waals surface area contributed by atoms with E-state index in [1.165, 1.54) is 51.3 Å². The fraction of sp³-hybridized carbons (Fsp3) is 0.741. The Kier molecular flexibility index (Phi) is 19.5. The van der Waals surface area contributed by atoms with Crippen molar-refractivity contribution in [2.24, 2.45) is 11.8 Å². The minimum Gasteiger partial charge on any atom is -0.356 e. The maximum absolute atomic E-state index is 12.3. The van der Waals surface area contributed by atoms with Crippen LogP contribution in [0.4, 0.5) is 0 Å². The summed E-state index contributed by atoms with van der Waals surface area (Å²) in [5.41, 5.74) is 1.42. The van der Waals surface area contributed by atoms with Crippen LogP contribution in [0.15, 0.2) is 30.3 Å². The van der Waals surface area contributed by atoms with E-state index >= 15 is 0 Å². The molecule has 0 radical (unpaired) electrons.